The maximum atomic E-state index is 15.1. The van der Waals surface area contributed by atoms with Gasteiger partial charge >= 0.3 is 24.4 Å². The predicted octanol–water partition coefficient (Wildman–Crippen LogP) is 6.53. The number of hydrogen-bond acceptors (Lipinski definition) is 8. The lowest BCUT2D eigenvalue weighted by molar-refractivity contribution is -0.122. The summed E-state index contributed by atoms with van der Waals surface area (Å²) in [6.07, 6.45) is 1.56. The molecule has 0 spiro atoms. The average molecular weight is 648 g/mol. The second-order valence-corrected chi connectivity index (χ2v) is 12.2. The van der Waals surface area contributed by atoms with Gasteiger partial charge in [0.15, 0.2) is 17.5 Å². The van der Waals surface area contributed by atoms with Gasteiger partial charge in [0.05, 0.1) is 18.1 Å². The molecule has 0 unspecified atom stereocenters. The molecular formula is C30H33F4N7O5. The lowest BCUT2D eigenvalue weighted by Crippen LogP contribution is -2.44. The third kappa shape index (κ3) is 8.79. The van der Waals surface area contributed by atoms with E-state index in [0.717, 1.165) is 11.8 Å². The van der Waals surface area contributed by atoms with Gasteiger partial charge in [-0.15, -0.1) is 0 Å². The number of amides is 4. The summed E-state index contributed by atoms with van der Waals surface area (Å²) in [6, 6.07) is 2.23. The number of carbonyl (C=O) groups excluding carboxylic acids is 3. The van der Waals surface area contributed by atoms with E-state index in [1.165, 1.54) is 0 Å². The molecule has 1 aliphatic rings. The number of imide groups is 1. The molecule has 16 heteroatoms. The highest BCUT2D eigenvalue weighted by Crippen LogP contribution is 2.29. The molecule has 1 aliphatic carbocycles. The van der Waals surface area contributed by atoms with Gasteiger partial charge in [0.1, 0.15) is 23.4 Å². The van der Waals surface area contributed by atoms with E-state index < -0.39 is 53.8 Å². The zero-order valence-electron chi connectivity index (χ0n) is 26.0. The Kier molecular flexibility index (Phi) is 9.40. The van der Waals surface area contributed by atoms with Crippen LogP contribution < -0.4 is 15.5 Å². The van der Waals surface area contributed by atoms with Crippen molar-refractivity contribution < 1.29 is 41.4 Å². The van der Waals surface area contributed by atoms with Gasteiger partial charge in [0, 0.05) is 17.5 Å². The molecule has 4 rings (SSSR count). The van der Waals surface area contributed by atoms with Crippen molar-refractivity contribution in [2.45, 2.75) is 71.8 Å². The van der Waals surface area contributed by atoms with Crippen LogP contribution in [0.5, 0.6) is 0 Å². The fraction of sp³-hybridized carbons (Fsp3) is 0.400. The SMILES string of the molecule is CC(C)(C)OC(=O)N(C(=O)OC(C)(C)C)c1nc(-c2ccn3c(C4=CC(NC(=O)NCC(F)(F)F)=CCC4)cnc3c2)ncc1F. The first kappa shape index (κ1) is 33.9. The Labute approximate surface area is 261 Å². The quantitative estimate of drug-likeness (QED) is 0.298. The molecule has 0 bridgehead atoms. The lowest BCUT2D eigenvalue weighted by atomic mass is 10.0. The molecule has 46 heavy (non-hydrogen) atoms. The molecule has 3 heterocycles. The van der Waals surface area contributed by atoms with Crippen molar-refractivity contribution in [1.29, 1.82) is 0 Å². The van der Waals surface area contributed by atoms with Crippen molar-refractivity contribution in [2.24, 2.45) is 0 Å². The Bertz CT molecular complexity index is 1690. The second kappa shape index (κ2) is 12.8. The minimum absolute atomic E-state index is 0.0308. The smallest absolute Gasteiger partial charge is 0.425 e. The number of nitrogens with one attached hydrogen (secondary N) is 2. The zero-order chi connectivity index (χ0) is 34.0. The highest BCUT2D eigenvalue weighted by molar-refractivity contribution is 6.09. The standard InChI is InChI=1S/C30H33F4N7O5/c1-28(2,3)45-26(43)41(27(44)46-29(4,5)6)24-20(31)14-36-23(39-24)18-10-11-40-21(15-35-22(40)13-18)17-8-7-9-19(12-17)38-25(42)37-16-30(32,33)34/h9-15H,7-8,16H2,1-6H3,(H2,37,38,42). The number of rotatable bonds is 5. The van der Waals surface area contributed by atoms with Crippen molar-refractivity contribution in [2.75, 3.05) is 11.4 Å². The first-order valence-electron chi connectivity index (χ1n) is 14.1. The number of nitrogens with zero attached hydrogens (tertiary/aromatic N) is 5. The summed E-state index contributed by atoms with van der Waals surface area (Å²) in [5, 5.41) is 4.17. The number of halogens is 4. The number of imidazole rings is 1. The molecule has 0 radical (unpaired) electrons. The van der Waals surface area contributed by atoms with Crippen LogP contribution in [0.1, 0.15) is 60.1 Å². The number of hydrogen-bond donors (Lipinski definition) is 2. The molecule has 3 aromatic rings. The normalized spacial score (nSPS) is 13.9. The van der Waals surface area contributed by atoms with E-state index in [1.54, 1.807) is 87.9 Å². The topological polar surface area (TPSA) is 140 Å². The Morgan fingerprint density at radius 2 is 1.65 bits per heavy atom. The fourth-order valence-corrected chi connectivity index (χ4v) is 4.22. The molecule has 0 saturated carbocycles. The summed E-state index contributed by atoms with van der Waals surface area (Å²) in [5.41, 5.74) is 0.525. The van der Waals surface area contributed by atoms with Crippen LogP contribution in [0.4, 0.5) is 37.8 Å². The third-order valence-electron chi connectivity index (χ3n) is 6.00. The summed E-state index contributed by atoms with van der Waals surface area (Å²) in [4.78, 5) is 51.0. The summed E-state index contributed by atoms with van der Waals surface area (Å²) in [5.74, 6) is -1.77. The van der Waals surface area contributed by atoms with E-state index in [9.17, 15) is 27.6 Å². The van der Waals surface area contributed by atoms with Gasteiger partial charge in [-0.25, -0.2) is 33.7 Å². The van der Waals surface area contributed by atoms with Gasteiger partial charge in [-0.1, -0.05) is 6.08 Å². The van der Waals surface area contributed by atoms with Crippen LogP contribution in [0, 0.1) is 5.82 Å². The van der Waals surface area contributed by atoms with Crippen LogP contribution in [-0.4, -0.2) is 61.5 Å². The fourth-order valence-electron chi connectivity index (χ4n) is 4.22. The Morgan fingerprint density at radius 1 is 1.00 bits per heavy atom. The summed E-state index contributed by atoms with van der Waals surface area (Å²) in [6.45, 7) is 8.04. The average Bonchev–Trinajstić information content (AvgIpc) is 3.34. The van der Waals surface area contributed by atoms with Crippen LogP contribution in [0.2, 0.25) is 0 Å². The zero-order valence-corrected chi connectivity index (χ0v) is 26.0. The molecule has 2 N–H and O–H groups in total. The number of allylic oxidation sites excluding steroid dienone is 3. The van der Waals surface area contributed by atoms with Crippen molar-refractivity contribution in [3.8, 4) is 11.4 Å². The molecule has 12 nitrogen and oxygen atoms in total. The van der Waals surface area contributed by atoms with Crippen LogP contribution in [0.15, 0.2) is 48.6 Å². The van der Waals surface area contributed by atoms with Gasteiger partial charge < -0.3 is 20.1 Å². The van der Waals surface area contributed by atoms with Crippen molar-refractivity contribution in [1.82, 2.24) is 30.0 Å². The first-order valence-corrected chi connectivity index (χ1v) is 14.1. The molecule has 0 aliphatic heterocycles. The van der Waals surface area contributed by atoms with E-state index in [-0.39, 0.29) is 5.82 Å². The molecule has 0 atom stereocenters. The number of carbonyl (C=O) groups is 3. The Hall–Kier alpha value is -5.02. The largest absolute Gasteiger partial charge is 0.443 e. The number of alkyl halides is 3. The molecule has 0 fully saturated rings. The molecule has 246 valence electrons. The minimum Gasteiger partial charge on any atom is -0.443 e. The minimum atomic E-state index is -4.54. The van der Waals surface area contributed by atoms with Gasteiger partial charge in [-0.3, -0.25) is 4.40 Å². The van der Waals surface area contributed by atoms with Crippen molar-refractivity contribution in [3.63, 3.8) is 0 Å². The van der Waals surface area contributed by atoms with Crippen molar-refractivity contribution >= 4 is 35.3 Å². The van der Waals surface area contributed by atoms with E-state index >= 15 is 4.39 Å². The number of ether oxygens (including phenoxy) is 2. The van der Waals surface area contributed by atoms with Crippen molar-refractivity contribution in [3.05, 3.63) is 60.1 Å². The number of urea groups is 1. The molecule has 4 amide bonds. The van der Waals surface area contributed by atoms with E-state index in [4.69, 9.17) is 9.47 Å². The molecular weight excluding hydrogens is 614 g/mol. The molecule has 3 aromatic heterocycles. The van der Waals surface area contributed by atoms with Crippen LogP contribution in [0.25, 0.3) is 22.6 Å². The third-order valence-corrected chi connectivity index (χ3v) is 6.00. The van der Waals surface area contributed by atoms with E-state index in [0.29, 0.717) is 40.3 Å². The number of fused-ring (bicyclic) bond motifs is 1. The van der Waals surface area contributed by atoms with Gasteiger partial charge in [0.2, 0.25) is 0 Å². The maximum absolute atomic E-state index is 15.1. The van der Waals surface area contributed by atoms with Gasteiger partial charge in [-0.05, 0) is 78.2 Å². The maximum Gasteiger partial charge on any atom is 0.425 e. The lowest BCUT2D eigenvalue weighted by Gasteiger charge is -2.28. The monoisotopic (exact) mass is 647 g/mol. The van der Waals surface area contributed by atoms with Gasteiger partial charge in [-0.2, -0.15) is 18.1 Å². The van der Waals surface area contributed by atoms with E-state index in [1.807, 2.05) is 0 Å². The highest BCUT2D eigenvalue weighted by Gasteiger charge is 2.36. The van der Waals surface area contributed by atoms with Crippen LogP contribution >= 0.6 is 0 Å². The Balaban J connectivity index is 1.63. The predicted molar refractivity (Wildman–Crippen MR) is 159 cm³/mol. The number of anilines is 1. The first-order chi connectivity index (χ1) is 21.3. The number of pyridine rings is 1. The van der Waals surface area contributed by atoms with E-state index in [2.05, 4.69) is 20.3 Å². The van der Waals surface area contributed by atoms with Crippen LogP contribution in [0.3, 0.4) is 0 Å². The Morgan fingerprint density at radius 3 is 2.26 bits per heavy atom. The summed E-state index contributed by atoms with van der Waals surface area (Å²) in [7, 11) is 0. The molecule has 0 saturated heterocycles. The molecule has 0 aromatic carbocycles. The summed E-state index contributed by atoms with van der Waals surface area (Å²) < 4.78 is 64.8. The number of aromatic nitrogens is 4. The van der Waals surface area contributed by atoms with Gasteiger partial charge in [0.25, 0.3) is 0 Å². The van der Waals surface area contributed by atoms with Crippen LogP contribution in [-0.2, 0) is 9.47 Å². The summed E-state index contributed by atoms with van der Waals surface area (Å²) >= 11 is 0. The second-order valence-electron chi connectivity index (χ2n) is 12.2. The highest BCUT2D eigenvalue weighted by atomic mass is 19.4.